The van der Waals surface area contributed by atoms with E-state index < -0.39 is 0 Å². The van der Waals surface area contributed by atoms with Crippen molar-refractivity contribution >= 4 is 15.9 Å². The van der Waals surface area contributed by atoms with Crippen molar-refractivity contribution in [3.8, 4) is 0 Å². The number of benzene rings is 1. The van der Waals surface area contributed by atoms with E-state index in [1.165, 1.54) is 6.07 Å². The summed E-state index contributed by atoms with van der Waals surface area (Å²) in [5.74, 6) is 0.514. The Hall–Kier alpha value is -0.410. The zero-order chi connectivity index (χ0) is 14.5. The molecule has 0 radical (unpaired) electrons. The molecule has 1 aromatic rings. The lowest BCUT2D eigenvalue weighted by Crippen LogP contribution is -2.26. The van der Waals surface area contributed by atoms with E-state index in [-0.39, 0.29) is 11.2 Å². The molecule has 0 spiro atoms. The van der Waals surface area contributed by atoms with Crippen LogP contribution < -0.4 is 5.32 Å². The average Bonchev–Trinajstić information content (AvgIpc) is 2.22. The molecule has 3 heteroatoms. The van der Waals surface area contributed by atoms with E-state index in [0.29, 0.717) is 5.92 Å². The maximum Gasteiger partial charge on any atom is 0.124 e. The standard InChI is InChI=1S/C16H25BrFN/c1-12(2)11-19-6-5-16(3,4)10-13-7-14(17)9-15(18)8-13/h7-9,12,19H,5-6,10-11H2,1-4H3. The van der Waals surface area contributed by atoms with Gasteiger partial charge in [0.05, 0.1) is 0 Å². The van der Waals surface area contributed by atoms with Gasteiger partial charge in [0.15, 0.2) is 0 Å². The Balaban J connectivity index is 2.49. The summed E-state index contributed by atoms with van der Waals surface area (Å²) in [6, 6.07) is 5.14. The summed E-state index contributed by atoms with van der Waals surface area (Å²) in [6.07, 6.45) is 1.99. The minimum Gasteiger partial charge on any atom is -0.316 e. The van der Waals surface area contributed by atoms with Crippen LogP contribution in [-0.2, 0) is 6.42 Å². The zero-order valence-corrected chi connectivity index (χ0v) is 14.0. The lowest BCUT2D eigenvalue weighted by atomic mass is 9.82. The normalized spacial score (nSPS) is 12.2. The van der Waals surface area contributed by atoms with Gasteiger partial charge >= 0.3 is 0 Å². The topological polar surface area (TPSA) is 12.0 Å². The second-order valence-corrected chi connectivity index (χ2v) is 7.38. The molecule has 0 heterocycles. The van der Waals surface area contributed by atoms with Gasteiger partial charge in [0, 0.05) is 4.47 Å². The molecule has 0 aliphatic heterocycles. The Bertz CT molecular complexity index is 381. The van der Waals surface area contributed by atoms with E-state index in [0.717, 1.165) is 36.0 Å². The van der Waals surface area contributed by atoms with Gasteiger partial charge in [0.2, 0.25) is 0 Å². The SMILES string of the molecule is CC(C)CNCCC(C)(C)Cc1cc(F)cc(Br)c1. The molecule has 19 heavy (non-hydrogen) atoms. The average molecular weight is 330 g/mol. The molecule has 1 N–H and O–H groups in total. The third kappa shape index (κ3) is 7.07. The molecule has 0 atom stereocenters. The minimum absolute atomic E-state index is 0.168. The van der Waals surface area contributed by atoms with Crippen molar-refractivity contribution in [1.29, 1.82) is 0 Å². The van der Waals surface area contributed by atoms with Gasteiger partial charge in [-0.05, 0) is 61.0 Å². The number of halogens is 2. The van der Waals surface area contributed by atoms with Crippen LogP contribution in [0.1, 0.15) is 39.7 Å². The molecule has 1 rings (SSSR count). The van der Waals surface area contributed by atoms with Crippen molar-refractivity contribution in [2.75, 3.05) is 13.1 Å². The summed E-state index contributed by atoms with van der Waals surface area (Å²) in [5, 5.41) is 3.47. The number of rotatable bonds is 7. The van der Waals surface area contributed by atoms with Crippen LogP contribution in [-0.4, -0.2) is 13.1 Å². The van der Waals surface area contributed by atoms with Crippen LogP contribution >= 0.6 is 15.9 Å². The van der Waals surface area contributed by atoms with Crippen LogP contribution in [0.2, 0.25) is 0 Å². The Kier molecular flexibility index (Phi) is 6.48. The monoisotopic (exact) mass is 329 g/mol. The summed E-state index contributed by atoms with van der Waals surface area (Å²) >= 11 is 3.35. The Morgan fingerprint density at radius 3 is 2.53 bits per heavy atom. The molecule has 0 unspecified atom stereocenters. The van der Waals surface area contributed by atoms with Crippen LogP contribution in [0.25, 0.3) is 0 Å². The third-order valence-corrected chi connectivity index (χ3v) is 3.59. The first-order chi connectivity index (χ1) is 8.78. The van der Waals surface area contributed by atoms with Gasteiger partial charge in [-0.15, -0.1) is 0 Å². The van der Waals surface area contributed by atoms with E-state index in [2.05, 4.69) is 48.9 Å². The lowest BCUT2D eigenvalue weighted by molar-refractivity contribution is 0.322. The highest BCUT2D eigenvalue weighted by atomic mass is 79.9. The minimum atomic E-state index is -0.168. The molecule has 0 aliphatic carbocycles. The van der Waals surface area contributed by atoms with Crippen molar-refractivity contribution in [2.45, 2.75) is 40.5 Å². The van der Waals surface area contributed by atoms with Gasteiger partial charge in [-0.3, -0.25) is 0 Å². The molecular weight excluding hydrogens is 305 g/mol. The van der Waals surface area contributed by atoms with E-state index in [1.807, 2.05) is 6.07 Å². The summed E-state index contributed by atoms with van der Waals surface area (Å²) < 4.78 is 14.2. The highest BCUT2D eigenvalue weighted by molar-refractivity contribution is 9.10. The quantitative estimate of drug-likeness (QED) is 0.709. The van der Waals surface area contributed by atoms with Gasteiger partial charge in [-0.25, -0.2) is 4.39 Å². The van der Waals surface area contributed by atoms with Crippen molar-refractivity contribution in [1.82, 2.24) is 5.32 Å². The fourth-order valence-electron chi connectivity index (χ4n) is 2.17. The number of hydrogen-bond acceptors (Lipinski definition) is 1. The molecule has 0 aliphatic rings. The Morgan fingerprint density at radius 2 is 1.95 bits per heavy atom. The molecule has 0 amide bonds. The Morgan fingerprint density at radius 1 is 1.26 bits per heavy atom. The van der Waals surface area contributed by atoms with Gasteiger partial charge in [-0.1, -0.05) is 43.6 Å². The van der Waals surface area contributed by atoms with E-state index in [9.17, 15) is 4.39 Å². The predicted octanol–water partition coefficient (Wildman–Crippen LogP) is 4.79. The number of nitrogens with one attached hydrogen (secondary N) is 1. The predicted molar refractivity (Wildman–Crippen MR) is 83.9 cm³/mol. The second kappa shape index (κ2) is 7.39. The first-order valence-electron chi connectivity index (χ1n) is 6.94. The van der Waals surface area contributed by atoms with Gasteiger partial charge in [0.1, 0.15) is 5.82 Å². The van der Waals surface area contributed by atoms with Crippen LogP contribution in [0.5, 0.6) is 0 Å². The summed E-state index contributed by atoms with van der Waals surface area (Å²) in [5.41, 5.74) is 1.23. The van der Waals surface area contributed by atoms with Crippen LogP contribution in [0, 0.1) is 17.2 Å². The van der Waals surface area contributed by atoms with Gasteiger partial charge in [0.25, 0.3) is 0 Å². The van der Waals surface area contributed by atoms with Crippen LogP contribution in [0.15, 0.2) is 22.7 Å². The molecule has 0 saturated carbocycles. The zero-order valence-electron chi connectivity index (χ0n) is 12.4. The first-order valence-corrected chi connectivity index (χ1v) is 7.73. The van der Waals surface area contributed by atoms with Crippen molar-refractivity contribution in [2.24, 2.45) is 11.3 Å². The van der Waals surface area contributed by atoms with Crippen molar-refractivity contribution in [3.63, 3.8) is 0 Å². The van der Waals surface area contributed by atoms with Crippen LogP contribution in [0.3, 0.4) is 0 Å². The maximum atomic E-state index is 13.4. The highest BCUT2D eigenvalue weighted by Gasteiger charge is 2.18. The van der Waals surface area contributed by atoms with Gasteiger partial charge in [-0.2, -0.15) is 0 Å². The smallest absolute Gasteiger partial charge is 0.124 e. The fourth-order valence-corrected chi connectivity index (χ4v) is 2.68. The van der Waals surface area contributed by atoms with E-state index in [4.69, 9.17) is 0 Å². The lowest BCUT2D eigenvalue weighted by Gasteiger charge is -2.25. The fraction of sp³-hybridized carbons (Fsp3) is 0.625. The first kappa shape index (κ1) is 16.6. The molecule has 0 fully saturated rings. The van der Waals surface area contributed by atoms with Crippen molar-refractivity contribution in [3.05, 3.63) is 34.1 Å². The van der Waals surface area contributed by atoms with Crippen LogP contribution in [0.4, 0.5) is 4.39 Å². The largest absolute Gasteiger partial charge is 0.316 e. The van der Waals surface area contributed by atoms with Crippen molar-refractivity contribution < 1.29 is 4.39 Å². The maximum absolute atomic E-state index is 13.4. The van der Waals surface area contributed by atoms with E-state index >= 15 is 0 Å². The highest BCUT2D eigenvalue weighted by Crippen LogP contribution is 2.27. The summed E-state index contributed by atoms with van der Waals surface area (Å²) in [4.78, 5) is 0. The van der Waals surface area contributed by atoms with Gasteiger partial charge < -0.3 is 5.32 Å². The molecule has 108 valence electrons. The van der Waals surface area contributed by atoms with E-state index in [1.54, 1.807) is 6.07 Å². The molecule has 1 aromatic carbocycles. The third-order valence-electron chi connectivity index (χ3n) is 3.14. The summed E-state index contributed by atoms with van der Waals surface area (Å²) in [6.45, 7) is 11.0. The summed E-state index contributed by atoms with van der Waals surface area (Å²) in [7, 11) is 0. The molecule has 0 bridgehead atoms. The molecular formula is C16H25BrFN. The second-order valence-electron chi connectivity index (χ2n) is 6.47. The molecule has 0 saturated heterocycles. The Labute approximate surface area is 125 Å². The molecule has 0 aromatic heterocycles. The number of hydrogen-bond donors (Lipinski definition) is 1. The molecule has 1 nitrogen and oxygen atoms in total.